The standard InChI is InChI=1S/C19H23ClN2O/c1-12(21-22-18(23)16-4-2-3-5-17(16)20)19-9-13-6-14(10-19)8-15(7-13)11-19/h2-5,13-15H,6-11H2,1H3,(H,22,23). The van der Waals surface area contributed by atoms with Crippen LogP contribution in [0.15, 0.2) is 29.4 Å². The second-order valence-corrected chi connectivity index (χ2v) is 8.22. The summed E-state index contributed by atoms with van der Waals surface area (Å²) in [5.74, 6) is 2.42. The molecular formula is C19H23ClN2O. The van der Waals surface area contributed by atoms with E-state index in [9.17, 15) is 4.79 Å². The fourth-order valence-electron chi connectivity index (χ4n) is 5.51. The molecule has 0 spiro atoms. The van der Waals surface area contributed by atoms with Gasteiger partial charge in [-0.1, -0.05) is 23.7 Å². The van der Waals surface area contributed by atoms with Gasteiger partial charge in [-0.15, -0.1) is 0 Å². The molecule has 5 rings (SSSR count). The molecule has 1 N–H and O–H groups in total. The molecule has 0 aromatic heterocycles. The first-order valence-corrected chi connectivity index (χ1v) is 9.03. The Morgan fingerprint density at radius 2 is 1.70 bits per heavy atom. The second-order valence-electron chi connectivity index (χ2n) is 7.82. The van der Waals surface area contributed by atoms with Gasteiger partial charge < -0.3 is 0 Å². The topological polar surface area (TPSA) is 41.5 Å². The Balaban J connectivity index is 1.51. The Morgan fingerprint density at radius 1 is 1.13 bits per heavy atom. The SMILES string of the molecule is CC(=NNC(=O)c1ccccc1Cl)C12CC3CC(CC(C3)C1)C2. The minimum absolute atomic E-state index is 0.223. The van der Waals surface area contributed by atoms with E-state index in [1.165, 1.54) is 38.5 Å². The monoisotopic (exact) mass is 330 g/mol. The van der Waals surface area contributed by atoms with Gasteiger partial charge in [0.2, 0.25) is 0 Å². The van der Waals surface area contributed by atoms with E-state index < -0.39 is 0 Å². The molecule has 0 atom stereocenters. The van der Waals surface area contributed by atoms with Crippen LogP contribution in [0.4, 0.5) is 0 Å². The number of hydrogen-bond acceptors (Lipinski definition) is 2. The Kier molecular flexibility index (Phi) is 3.72. The van der Waals surface area contributed by atoms with Crippen molar-refractivity contribution in [1.29, 1.82) is 0 Å². The van der Waals surface area contributed by atoms with E-state index in [0.717, 1.165) is 23.5 Å². The summed E-state index contributed by atoms with van der Waals surface area (Å²) < 4.78 is 0. The predicted molar refractivity (Wildman–Crippen MR) is 92.6 cm³/mol. The van der Waals surface area contributed by atoms with Crippen LogP contribution in [0.5, 0.6) is 0 Å². The van der Waals surface area contributed by atoms with Crippen molar-refractivity contribution in [3.05, 3.63) is 34.9 Å². The Labute approximate surface area is 142 Å². The summed E-state index contributed by atoms with van der Waals surface area (Å²) in [5.41, 5.74) is 4.56. The number of carbonyl (C=O) groups is 1. The molecule has 0 unspecified atom stereocenters. The van der Waals surface area contributed by atoms with Crippen LogP contribution in [0.2, 0.25) is 5.02 Å². The van der Waals surface area contributed by atoms with Gasteiger partial charge in [0.1, 0.15) is 0 Å². The van der Waals surface area contributed by atoms with E-state index in [1.807, 2.05) is 12.1 Å². The maximum atomic E-state index is 12.3. The lowest BCUT2D eigenvalue weighted by molar-refractivity contribution is -0.0128. The fourth-order valence-corrected chi connectivity index (χ4v) is 5.73. The van der Waals surface area contributed by atoms with Crippen molar-refractivity contribution in [2.24, 2.45) is 28.3 Å². The molecule has 1 aromatic rings. The lowest BCUT2D eigenvalue weighted by Crippen LogP contribution is -2.49. The minimum Gasteiger partial charge on any atom is -0.267 e. The summed E-state index contributed by atoms with van der Waals surface area (Å²) in [7, 11) is 0. The fraction of sp³-hybridized carbons (Fsp3) is 0.579. The largest absolute Gasteiger partial charge is 0.272 e. The molecule has 1 amide bonds. The number of hydrazone groups is 1. The third-order valence-corrected chi connectivity index (χ3v) is 6.58. The summed E-state index contributed by atoms with van der Waals surface area (Å²) in [4.78, 5) is 12.3. The Morgan fingerprint density at radius 3 is 2.26 bits per heavy atom. The van der Waals surface area contributed by atoms with E-state index in [2.05, 4.69) is 17.5 Å². The van der Waals surface area contributed by atoms with Gasteiger partial charge in [-0.25, -0.2) is 5.43 Å². The predicted octanol–water partition coefficient (Wildman–Crippen LogP) is 4.66. The van der Waals surface area contributed by atoms with Crippen molar-refractivity contribution in [3.8, 4) is 0 Å². The van der Waals surface area contributed by atoms with Crippen molar-refractivity contribution < 1.29 is 4.79 Å². The zero-order chi connectivity index (χ0) is 16.0. The molecule has 4 heteroatoms. The van der Waals surface area contributed by atoms with Gasteiger partial charge in [0.25, 0.3) is 5.91 Å². The molecule has 4 aliphatic carbocycles. The molecule has 0 heterocycles. The maximum Gasteiger partial charge on any atom is 0.272 e. The maximum absolute atomic E-state index is 12.3. The molecular weight excluding hydrogens is 308 g/mol. The first kappa shape index (κ1) is 15.2. The third kappa shape index (κ3) is 2.69. The number of carbonyl (C=O) groups excluding carboxylic acids is 1. The molecule has 4 fully saturated rings. The molecule has 4 saturated carbocycles. The molecule has 3 nitrogen and oxygen atoms in total. The molecule has 4 bridgehead atoms. The first-order chi connectivity index (χ1) is 11.1. The highest BCUT2D eigenvalue weighted by atomic mass is 35.5. The summed E-state index contributed by atoms with van der Waals surface area (Å²) in [6.45, 7) is 2.10. The Hall–Kier alpha value is -1.35. The van der Waals surface area contributed by atoms with Gasteiger partial charge >= 0.3 is 0 Å². The first-order valence-electron chi connectivity index (χ1n) is 8.65. The number of nitrogens with one attached hydrogen (secondary N) is 1. The van der Waals surface area contributed by atoms with Gasteiger partial charge in [-0.2, -0.15) is 5.10 Å². The van der Waals surface area contributed by atoms with Crippen LogP contribution in [0.25, 0.3) is 0 Å². The van der Waals surface area contributed by atoms with Crippen LogP contribution < -0.4 is 5.43 Å². The Bertz CT molecular complexity index is 632. The summed E-state index contributed by atoms with van der Waals surface area (Å²) >= 11 is 6.08. The molecule has 23 heavy (non-hydrogen) atoms. The average Bonchev–Trinajstić information content (AvgIpc) is 2.51. The normalized spacial score (nSPS) is 35.4. The van der Waals surface area contributed by atoms with Crippen LogP contribution in [-0.4, -0.2) is 11.6 Å². The van der Waals surface area contributed by atoms with Gasteiger partial charge in [0.15, 0.2) is 0 Å². The number of benzene rings is 1. The number of hydrogen-bond donors (Lipinski definition) is 1. The lowest BCUT2D eigenvalue weighted by Gasteiger charge is -2.56. The number of nitrogens with zero attached hydrogens (tertiary/aromatic N) is 1. The highest BCUT2D eigenvalue weighted by Crippen LogP contribution is 2.60. The van der Waals surface area contributed by atoms with Crippen molar-refractivity contribution in [2.45, 2.75) is 45.4 Å². The van der Waals surface area contributed by atoms with Crippen molar-refractivity contribution >= 4 is 23.2 Å². The van der Waals surface area contributed by atoms with E-state index in [4.69, 9.17) is 11.6 Å². The molecule has 1 aromatic carbocycles. The lowest BCUT2D eigenvalue weighted by atomic mass is 9.48. The smallest absolute Gasteiger partial charge is 0.267 e. The van der Waals surface area contributed by atoms with Crippen LogP contribution in [0.3, 0.4) is 0 Å². The third-order valence-electron chi connectivity index (χ3n) is 6.25. The highest BCUT2D eigenvalue weighted by Gasteiger charge is 2.52. The molecule has 0 radical (unpaired) electrons. The van der Waals surface area contributed by atoms with Crippen LogP contribution in [0, 0.1) is 23.2 Å². The zero-order valence-electron chi connectivity index (χ0n) is 13.5. The van der Waals surface area contributed by atoms with E-state index in [-0.39, 0.29) is 11.3 Å². The average molecular weight is 331 g/mol. The van der Waals surface area contributed by atoms with Gasteiger partial charge in [0, 0.05) is 11.1 Å². The van der Waals surface area contributed by atoms with Crippen molar-refractivity contribution in [1.82, 2.24) is 5.43 Å². The van der Waals surface area contributed by atoms with Crippen molar-refractivity contribution in [2.75, 3.05) is 0 Å². The van der Waals surface area contributed by atoms with Gasteiger partial charge in [-0.3, -0.25) is 4.79 Å². The summed E-state index contributed by atoms with van der Waals surface area (Å²) in [6.07, 6.45) is 8.03. The van der Waals surface area contributed by atoms with Crippen LogP contribution in [0.1, 0.15) is 55.8 Å². The van der Waals surface area contributed by atoms with Crippen LogP contribution >= 0.6 is 11.6 Å². The van der Waals surface area contributed by atoms with E-state index >= 15 is 0 Å². The number of amides is 1. The minimum atomic E-state index is -0.223. The number of rotatable bonds is 3. The van der Waals surface area contributed by atoms with Gasteiger partial charge in [-0.05, 0) is 75.3 Å². The van der Waals surface area contributed by atoms with E-state index in [0.29, 0.717) is 10.6 Å². The summed E-state index contributed by atoms with van der Waals surface area (Å²) in [5, 5.41) is 4.96. The van der Waals surface area contributed by atoms with E-state index in [1.54, 1.807) is 12.1 Å². The summed E-state index contributed by atoms with van der Waals surface area (Å²) in [6, 6.07) is 7.10. The number of halogens is 1. The van der Waals surface area contributed by atoms with Crippen molar-refractivity contribution in [3.63, 3.8) is 0 Å². The second kappa shape index (κ2) is 5.62. The highest BCUT2D eigenvalue weighted by molar-refractivity contribution is 6.33. The zero-order valence-corrected chi connectivity index (χ0v) is 14.3. The molecule has 122 valence electrons. The van der Waals surface area contributed by atoms with Crippen LogP contribution in [-0.2, 0) is 0 Å². The molecule has 0 saturated heterocycles. The quantitative estimate of drug-likeness (QED) is 0.635. The van der Waals surface area contributed by atoms with Gasteiger partial charge in [0.05, 0.1) is 10.6 Å². The molecule has 0 aliphatic heterocycles. The molecule has 4 aliphatic rings.